The first-order chi connectivity index (χ1) is 11.1. The number of nitrogens with one attached hydrogen (secondary N) is 2. The van der Waals surface area contributed by atoms with Crippen LogP contribution in [0, 0.1) is 0 Å². The monoisotopic (exact) mass is 369 g/mol. The maximum Gasteiger partial charge on any atom is 0.253 e. The molecule has 2 aromatic rings. The van der Waals surface area contributed by atoms with Crippen LogP contribution < -0.4 is 21.7 Å². The number of nitrogens with two attached hydrogens (primary N) is 2. The summed E-state index contributed by atoms with van der Waals surface area (Å²) in [6.45, 7) is 1.63. The van der Waals surface area contributed by atoms with Crippen LogP contribution in [0.4, 0.5) is 11.5 Å². The lowest BCUT2D eigenvalue weighted by atomic mass is 10.3. The minimum absolute atomic E-state index is 0.0514. The van der Waals surface area contributed by atoms with Crippen LogP contribution in [0.5, 0.6) is 0 Å². The molecular weight excluding hydrogens is 354 g/mol. The lowest BCUT2D eigenvalue weighted by Crippen LogP contribution is -2.23. The molecule has 1 atom stereocenters. The molecule has 0 saturated carbocycles. The molecule has 24 heavy (non-hydrogen) atoms. The topological polar surface area (TPSA) is 161 Å². The Morgan fingerprint density at radius 2 is 1.96 bits per heavy atom. The van der Waals surface area contributed by atoms with Gasteiger partial charge in [-0.3, -0.25) is 9.59 Å². The second-order valence-corrected chi connectivity index (χ2v) is 7.69. The Kier molecular flexibility index (Phi) is 5.26. The third kappa shape index (κ3) is 4.81. The lowest BCUT2D eigenvalue weighted by molar-refractivity contribution is -0.115. The zero-order valence-corrected chi connectivity index (χ0v) is 14.1. The second-order valence-electron chi connectivity index (χ2n) is 4.79. The molecule has 0 aliphatic heterocycles. The number of amides is 1. The normalized spacial score (nSPS) is 12.6. The van der Waals surface area contributed by atoms with Crippen molar-refractivity contribution in [2.45, 2.75) is 22.2 Å². The van der Waals surface area contributed by atoms with Gasteiger partial charge in [0, 0.05) is 11.8 Å². The lowest BCUT2D eigenvalue weighted by Gasteiger charge is -2.11. The summed E-state index contributed by atoms with van der Waals surface area (Å²) in [5, 5.41) is 7.28. The molecule has 0 spiro atoms. The molecule has 0 aliphatic carbocycles. The van der Waals surface area contributed by atoms with Gasteiger partial charge in [-0.25, -0.2) is 18.5 Å². The summed E-state index contributed by atoms with van der Waals surface area (Å²) < 4.78 is 22.3. The average molecular weight is 369 g/mol. The number of H-pyrrole nitrogens is 1. The van der Waals surface area contributed by atoms with Gasteiger partial charge in [-0.15, -0.1) is 0 Å². The predicted octanol–water partition coefficient (Wildman–Crippen LogP) is 0.119. The van der Waals surface area contributed by atoms with Crippen molar-refractivity contribution in [2.24, 2.45) is 5.14 Å². The van der Waals surface area contributed by atoms with Crippen LogP contribution in [-0.2, 0) is 14.8 Å². The Balaban J connectivity index is 2.04. The minimum Gasteiger partial charge on any atom is -0.383 e. The fourth-order valence-electron chi connectivity index (χ4n) is 1.70. The molecule has 1 heterocycles. The number of sulfonamides is 1. The van der Waals surface area contributed by atoms with Crippen molar-refractivity contribution in [3.63, 3.8) is 0 Å². The molecule has 9 nitrogen and oxygen atoms in total. The molecule has 0 saturated heterocycles. The molecule has 2 rings (SSSR count). The van der Waals surface area contributed by atoms with Crippen molar-refractivity contribution in [1.82, 2.24) is 9.97 Å². The highest BCUT2D eigenvalue weighted by Crippen LogP contribution is 2.21. The van der Waals surface area contributed by atoms with E-state index in [1.165, 1.54) is 24.3 Å². The van der Waals surface area contributed by atoms with Crippen molar-refractivity contribution >= 4 is 39.2 Å². The van der Waals surface area contributed by atoms with Crippen molar-refractivity contribution in [2.75, 3.05) is 11.1 Å². The number of hydrogen-bond donors (Lipinski definition) is 4. The molecule has 0 radical (unpaired) electrons. The molecule has 0 bridgehead atoms. The molecular formula is C13H15N5O4S2. The summed E-state index contributed by atoms with van der Waals surface area (Å²) >= 11 is 1.03. The maximum atomic E-state index is 12.1. The molecule has 0 aliphatic rings. The van der Waals surface area contributed by atoms with Crippen molar-refractivity contribution in [3.8, 4) is 0 Å². The first kappa shape index (κ1) is 18.0. The number of nitrogen functional groups attached to an aromatic ring is 1. The van der Waals surface area contributed by atoms with E-state index in [1.807, 2.05) is 0 Å². The van der Waals surface area contributed by atoms with Crippen molar-refractivity contribution in [1.29, 1.82) is 0 Å². The maximum absolute atomic E-state index is 12.1. The Labute approximate surface area is 141 Å². The van der Waals surface area contributed by atoms with E-state index in [0.717, 1.165) is 17.8 Å². The van der Waals surface area contributed by atoms with Gasteiger partial charge < -0.3 is 16.0 Å². The van der Waals surface area contributed by atoms with E-state index in [4.69, 9.17) is 10.9 Å². The Hall–Kier alpha value is -2.37. The van der Waals surface area contributed by atoms with Crippen LogP contribution in [0.1, 0.15) is 6.92 Å². The highest BCUT2D eigenvalue weighted by molar-refractivity contribution is 8.00. The molecule has 1 amide bonds. The summed E-state index contributed by atoms with van der Waals surface area (Å²) in [5.41, 5.74) is 5.48. The summed E-state index contributed by atoms with van der Waals surface area (Å²) in [6.07, 6.45) is 0. The third-order valence-electron chi connectivity index (χ3n) is 2.85. The van der Waals surface area contributed by atoms with Crippen LogP contribution >= 0.6 is 11.8 Å². The molecule has 1 aromatic carbocycles. The van der Waals surface area contributed by atoms with E-state index >= 15 is 0 Å². The van der Waals surface area contributed by atoms with Crippen LogP contribution in [0.25, 0.3) is 0 Å². The largest absolute Gasteiger partial charge is 0.383 e. The zero-order valence-electron chi connectivity index (χ0n) is 12.5. The number of thioether (sulfide) groups is 1. The first-order valence-corrected chi connectivity index (χ1v) is 9.05. The number of carbonyl (C=O) groups excluding carboxylic acids is 1. The highest BCUT2D eigenvalue weighted by atomic mass is 32.2. The molecule has 0 unspecified atom stereocenters. The molecule has 128 valence electrons. The van der Waals surface area contributed by atoms with Gasteiger partial charge in [0.25, 0.3) is 5.56 Å². The predicted molar refractivity (Wildman–Crippen MR) is 91.0 cm³/mol. The third-order valence-corrected chi connectivity index (χ3v) is 4.76. The van der Waals surface area contributed by atoms with Crippen LogP contribution in [-0.4, -0.2) is 29.5 Å². The van der Waals surface area contributed by atoms with Gasteiger partial charge in [0.2, 0.25) is 15.9 Å². The van der Waals surface area contributed by atoms with Crippen LogP contribution in [0.3, 0.4) is 0 Å². The smallest absolute Gasteiger partial charge is 0.253 e. The van der Waals surface area contributed by atoms with E-state index in [-0.39, 0.29) is 21.8 Å². The van der Waals surface area contributed by atoms with E-state index in [2.05, 4.69) is 15.3 Å². The quantitative estimate of drug-likeness (QED) is 0.430. The summed E-state index contributed by atoms with van der Waals surface area (Å²) in [4.78, 5) is 29.8. The molecule has 6 N–H and O–H groups in total. The summed E-state index contributed by atoms with van der Waals surface area (Å²) in [6, 6.07) is 6.58. The fourth-order valence-corrected chi connectivity index (χ4v) is 3.04. The van der Waals surface area contributed by atoms with Gasteiger partial charge in [-0.05, 0) is 31.2 Å². The van der Waals surface area contributed by atoms with E-state index < -0.39 is 20.8 Å². The molecule has 11 heteroatoms. The number of carbonyl (C=O) groups is 1. The number of aromatic amines is 1. The fraction of sp³-hybridized carbons (Fsp3) is 0.154. The number of rotatable bonds is 5. The minimum atomic E-state index is -3.78. The van der Waals surface area contributed by atoms with Gasteiger partial charge in [-0.2, -0.15) is 0 Å². The standard InChI is InChI=1S/C13H15N5O4S2/c1-7(23-13-17-10(14)6-11(19)18-13)12(20)16-8-2-4-9(5-3-8)24(15,21)22/h2-7H,1H3,(H,16,20)(H2,15,21,22)(H3,14,17,18,19)/t7-/m0/s1. The molecule has 1 aromatic heterocycles. The molecule has 0 fully saturated rings. The number of nitrogens with zero attached hydrogens (tertiary/aromatic N) is 1. The van der Waals surface area contributed by atoms with E-state index in [1.54, 1.807) is 6.92 Å². The zero-order chi connectivity index (χ0) is 17.9. The number of hydrogen-bond acceptors (Lipinski definition) is 7. The van der Waals surface area contributed by atoms with Gasteiger partial charge in [0.15, 0.2) is 5.16 Å². The number of primary sulfonamides is 1. The highest BCUT2D eigenvalue weighted by Gasteiger charge is 2.16. The van der Waals surface area contributed by atoms with Crippen molar-refractivity contribution < 1.29 is 13.2 Å². The first-order valence-electron chi connectivity index (χ1n) is 6.62. The SMILES string of the molecule is C[C@H](Sc1nc(N)cc(=O)[nH]1)C(=O)Nc1ccc(S(N)(=O)=O)cc1. The number of aromatic nitrogens is 2. The summed E-state index contributed by atoms with van der Waals surface area (Å²) in [5.74, 6) is -0.291. The van der Waals surface area contributed by atoms with E-state index in [0.29, 0.717) is 5.69 Å². The average Bonchev–Trinajstić information content (AvgIpc) is 2.45. The van der Waals surface area contributed by atoms with Crippen molar-refractivity contribution in [3.05, 3.63) is 40.7 Å². The van der Waals surface area contributed by atoms with Gasteiger partial charge in [-0.1, -0.05) is 11.8 Å². The second kappa shape index (κ2) is 7.03. The number of benzene rings is 1. The Bertz CT molecular complexity index is 909. The van der Waals surface area contributed by atoms with E-state index in [9.17, 15) is 18.0 Å². The Morgan fingerprint density at radius 3 is 2.50 bits per heavy atom. The summed E-state index contributed by atoms with van der Waals surface area (Å²) in [7, 11) is -3.78. The number of anilines is 2. The van der Waals surface area contributed by atoms with Crippen LogP contribution in [0.15, 0.2) is 45.2 Å². The van der Waals surface area contributed by atoms with Gasteiger partial charge >= 0.3 is 0 Å². The van der Waals surface area contributed by atoms with Gasteiger partial charge in [0.1, 0.15) is 5.82 Å². The Morgan fingerprint density at radius 1 is 1.33 bits per heavy atom. The van der Waals surface area contributed by atoms with Crippen LogP contribution in [0.2, 0.25) is 0 Å². The van der Waals surface area contributed by atoms with Gasteiger partial charge in [0.05, 0.1) is 10.1 Å².